The maximum absolute atomic E-state index is 11.7. The highest BCUT2D eigenvalue weighted by atomic mass is 19.1. The lowest BCUT2D eigenvalue weighted by atomic mass is 10.3. The molecule has 4 heteroatoms. The number of hydrogen-bond donors (Lipinski definition) is 1. The van der Waals surface area contributed by atoms with Crippen LogP contribution in [-0.2, 0) is 0 Å². The number of nitrogens with one attached hydrogen (secondary N) is 1. The van der Waals surface area contributed by atoms with Gasteiger partial charge >= 0.3 is 0 Å². The number of rotatable bonds is 4. The number of hydrogen-bond acceptors (Lipinski definition) is 3. The van der Waals surface area contributed by atoms with E-state index in [0.717, 1.165) is 5.69 Å². The first-order chi connectivity index (χ1) is 6.36. The third-order valence-corrected chi connectivity index (χ3v) is 1.52. The van der Waals surface area contributed by atoms with E-state index in [-0.39, 0.29) is 6.67 Å². The van der Waals surface area contributed by atoms with Crippen LogP contribution in [-0.4, -0.2) is 18.2 Å². The van der Waals surface area contributed by atoms with Crippen LogP contribution < -0.4 is 5.32 Å². The molecule has 0 bridgehead atoms. The van der Waals surface area contributed by atoms with E-state index in [1.165, 1.54) is 0 Å². The summed E-state index contributed by atoms with van der Waals surface area (Å²) in [6.45, 7) is 0.265. The normalized spacial score (nSPS) is 9.23. The Bertz CT molecular complexity index is 289. The fourth-order valence-electron chi connectivity index (χ4n) is 0.864. The second-order valence-corrected chi connectivity index (χ2v) is 2.51. The number of nitriles is 1. The Morgan fingerprint density at radius 3 is 2.92 bits per heavy atom. The second-order valence-electron chi connectivity index (χ2n) is 2.51. The van der Waals surface area contributed by atoms with Gasteiger partial charge in [0.15, 0.2) is 0 Å². The number of halogens is 1. The van der Waals surface area contributed by atoms with Gasteiger partial charge in [-0.1, -0.05) is 0 Å². The van der Waals surface area contributed by atoms with Crippen molar-refractivity contribution in [1.29, 1.82) is 5.26 Å². The van der Waals surface area contributed by atoms with E-state index in [0.29, 0.717) is 18.7 Å². The van der Waals surface area contributed by atoms with Crippen LogP contribution in [0.4, 0.5) is 10.1 Å². The molecule has 0 amide bonds. The van der Waals surface area contributed by atoms with E-state index in [2.05, 4.69) is 10.3 Å². The lowest BCUT2D eigenvalue weighted by Gasteiger charge is -2.02. The van der Waals surface area contributed by atoms with Crippen molar-refractivity contribution in [2.45, 2.75) is 6.42 Å². The van der Waals surface area contributed by atoms with Gasteiger partial charge in [0, 0.05) is 6.54 Å². The Kier molecular flexibility index (Phi) is 3.71. The average Bonchev–Trinajstić information content (AvgIpc) is 2.19. The number of nitrogens with zero attached hydrogens (tertiary/aromatic N) is 2. The number of anilines is 1. The molecule has 0 aromatic carbocycles. The van der Waals surface area contributed by atoms with Gasteiger partial charge in [-0.2, -0.15) is 5.26 Å². The van der Waals surface area contributed by atoms with Crippen molar-refractivity contribution >= 4 is 5.69 Å². The Balaban J connectivity index is 2.46. The first kappa shape index (κ1) is 9.46. The molecule has 0 unspecified atom stereocenters. The van der Waals surface area contributed by atoms with Gasteiger partial charge in [-0.3, -0.25) is 4.39 Å². The first-order valence-electron chi connectivity index (χ1n) is 4.03. The third-order valence-electron chi connectivity index (χ3n) is 1.52. The van der Waals surface area contributed by atoms with E-state index in [1.54, 1.807) is 18.3 Å². The zero-order chi connectivity index (χ0) is 9.52. The molecule has 3 nitrogen and oxygen atoms in total. The Morgan fingerprint density at radius 1 is 1.54 bits per heavy atom. The largest absolute Gasteiger partial charge is 0.384 e. The van der Waals surface area contributed by atoms with Crippen LogP contribution in [0.1, 0.15) is 12.1 Å². The van der Waals surface area contributed by atoms with Gasteiger partial charge in [-0.05, 0) is 18.6 Å². The van der Waals surface area contributed by atoms with Gasteiger partial charge in [0.2, 0.25) is 0 Å². The molecule has 0 atom stereocenters. The van der Waals surface area contributed by atoms with Crippen molar-refractivity contribution in [3.8, 4) is 6.07 Å². The molecule has 0 aliphatic heterocycles. The highest BCUT2D eigenvalue weighted by Crippen LogP contribution is 2.04. The van der Waals surface area contributed by atoms with Crippen LogP contribution in [0.5, 0.6) is 0 Å². The van der Waals surface area contributed by atoms with E-state index >= 15 is 0 Å². The lowest BCUT2D eigenvalue weighted by Crippen LogP contribution is -2.02. The Labute approximate surface area is 76.2 Å². The molecule has 0 aliphatic rings. The SMILES string of the molecule is N#Cc1ccc(NCCCF)cn1. The minimum absolute atomic E-state index is 0.323. The van der Waals surface area contributed by atoms with Crippen LogP contribution >= 0.6 is 0 Å². The van der Waals surface area contributed by atoms with Crippen LogP contribution in [0.25, 0.3) is 0 Å². The summed E-state index contributed by atoms with van der Waals surface area (Å²) in [6.07, 6.45) is 2.05. The summed E-state index contributed by atoms with van der Waals surface area (Å²) in [7, 11) is 0. The van der Waals surface area contributed by atoms with E-state index in [1.807, 2.05) is 6.07 Å². The molecule has 0 aliphatic carbocycles. The minimum Gasteiger partial charge on any atom is -0.384 e. The van der Waals surface area contributed by atoms with Gasteiger partial charge in [-0.25, -0.2) is 4.98 Å². The van der Waals surface area contributed by atoms with Crippen molar-refractivity contribution in [3.63, 3.8) is 0 Å². The van der Waals surface area contributed by atoms with E-state index in [4.69, 9.17) is 5.26 Å². The van der Waals surface area contributed by atoms with Crippen molar-refractivity contribution in [2.75, 3.05) is 18.5 Å². The smallest absolute Gasteiger partial charge is 0.140 e. The van der Waals surface area contributed by atoms with Gasteiger partial charge in [0.1, 0.15) is 11.8 Å². The third kappa shape index (κ3) is 3.08. The summed E-state index contributed by atoms with van der Waals surface area (Å²) < 4.78 is 11.7. The molecular weight excluding hydrogens is 169 g/mol. The second kappa shape index (κ2) is 5.09. The molecule has 0 spiro atoms. The van der Waals surface area contributed by atoms with E-state index in [9.17, 15) is 4.39 Å². The molecule has 0 saturated heterocycles. The summed E-state index contributed by atoms with van der Waals surface area (Å²) in [6, 6.07) is 5.30. The molecule has 1 rings (SSSR count). The van der Waals surface area contributed by atoms with Crippen molar-refractivity contribution < 1.29 is 4.39 Å². The van der Waals surface area contributed by atoms with Gasteiger partial charge in [0.25, 0.3) is 0 Å². The zero-order valence-corrected chi connectivity index (χ0v) is 7.13. The predicted molar refractivity (Wildman–Crippen MR) is 48.0 cm³/mol. The summed E-state index contributed by atoms with van der Waals surface area (Å²) in [5.41, 5.74) is 1.20. The summed E-state index contributed by atoms with van der Waals surface area (Å²) in [5, 5.41) is 11.4. The molecule has 68 valence electrons. The lowest BCUT2D eigenvalue weighted by molar-refractivity contribution is 0.481. The molecule has 1 aromatic rings. The fourth-order valence-corrected chi connectivity index (χ4v) is 0.864. The van der Waals surface area contributed by atoms with Crippen LogP contribution in [0.15, 0.2) is 18.3 Å². The predicted octanol–water partition coefficient (Wildman–Crippen LogP) is 1.72. The van der Waals surface area contributed by atoms with Crippen molar-refractivity contribution in [3.05, 3.63) is 24.0 Å². The molecule has 0 radical (unpaired) electrons. The zero-order valence-electron chi connectivity index (χ0n) is 7.13. The first-order valence-corrected chi connectivity index (χ1v) is 4.03. The maximum Gasteiger partial charge on any atom is 0.140 e. The standard InChI is InChI=1S/C9H10FN3/c10-4-1-5-12-9-3-2-8(6-11)13-7-9/h2-3,7,12H,1,4-5H2. The number of pyridine rings is 1. The van der Waals surface area contributed by atoms with Crippen molar-refractivity contribution in [1.82, 2.24) is 4.98 Å². The van der Waals surface area contributed by atoms with Crippen LogP contribution in [0.3, 0.4) is 0 Å². The molecule has 1 aromatic heterocycles. The monoisotopic (exact) mass is 179 g/mol. The van der Waals surface area contributed by atoms with Crippen LogP contribution in [0.2, 0.25) is 0 Å². The fraction of sp³-hybridized carbons (Fsp3) is 0.333. The highest BCUT2D eigenvalue weighted by molar-refractivity contribution is 5.42. The Hall–Kier alpha value is -1.63. The molecule has 0 fully saturated rings. The van der Waals surface area contributed by atoms with E-state index < -0.39 is 0 Å². The summed E-state index contributed by atoms with van der Waals surface area (Å²) in [4.78, 5) is 3.86. The molecule has 13 heavy (non-hydrogen) atoms. The average molecular weight is 179 g/mol. The van der Waals surface area contributed by atoms with Crippen LogP contribution in [0, 0.1) is 11.3 Å². The summed E-state index contributed by atoms with van der Waals surface area (Å²) >= 11 is 0. The molecular formula is C9H10FN3. The van der Waals surface area contributed by atoms with Gasteiger partial charge < -0.3 is 5.32 Å². The maximum atomic E-state index is 11.7. The number of alkyl halides is 1. The van der Waals surface area contributed by atoms with Gasteiger partial charge in [0.05, 0.1) is 18.6 Å². The quantitative estimate of drug-likeness (QED) is 0.716. The molecule has 1 N–H and O–H groups in total. The minimum atomic E-state index is -0.323. The molecule has 1 heterocycles. The Morgan fingerprint density at radius 2 is 2.38 bits per heavy atom. The topological polar surface area (TPSA) is 48.7 Å². The highest BCUT2D eigenvalue weighted by Gasteiger charge is 1.93. The summed E-state index contributed by atoms with van der Waals surface area (Å²) in [5.74, 6) is 0. The number of aromatic nitrogens is 1. The van der Waals surface area contributed by atoms with Gasteiger partial charge in [-0.15, -0.1) is 0 Å². The molecule has 0 saturated carbocycles. The van der Waals surface area contributed by atoms with Crippen molar-refractivity contribution in [2.24, 2.45) is 0 Å².